The van der Waals surface area contributed by atoms with Gasteiger partial charge in [0.05, 0.1) is 0 Å². The normalized spacial score (nSPS) is 10.4. The van der Waals surface area contributed by atoms with E-state index in [4.69, 9.17) is 12.2 Å². The Kier molecular flexibility index (Phi) is 7.36. The molecule has 0 aromatic heterocycles. The largest absolute Gasteiger partial charge is 0.358 e. The van der Waals surface area contributed by atoms with E-state index in [0.717, 1.165) is 36.0 Å². The van der Waals surface area contributed by atoms with Crippen LogP contribution in [0.4, 0.5) is 0 Å². The number of aryl methyl sites for hydroxylation is 1. The maximum Gasteiger partial charge on any atom is 0.136 e. The molecule has 3 heteroatoms. The molecule has 1 rings (SSSR count). The Hall–Kier alpha value is -0.540. The lowest BCUT2D eigenvalue weighted by atomic mass is 10.2. The summed E-state index contributed by atoms with van der Waals surface area (Å²) in [4.78, 5) is 2.33. The zero-order valence-electron chi connectivity index (χ0n) is 11.6. The Morgan fingerprint density at radius 2 is 1.67 bits per heavy atom. The van der Waals surface area contributed by atoms with Crippen molar-refractivity contribution in [2.24, 2.45) is 0 Å². The first-order valence-electron chi connectivity index (χ1n) is 6.64. The minimum Gasteiger partial charge on any atom is -0.358 e. The topological polar surface area (TPSA) is 3.24 Å². The van der Waals surface area contributed by atoms with Gasteiger partial charge in [0.2, 0.25) is 0 Å². The van der Waals surface area contributed by atoms with Gasteiger partial charge in [0.15, 0.2) is 0 Å². The van der Waals surface area contributed by atoms with Gasteiger partial charge < -0.3 is 4.90 Å². The van der Waals surface area contributed by atoms with Crippen LogP contribution in [0.1, 0.15) is 37.8 Å². The van der Waals surface area contributed by atoms with Crippen LogP contribution in [0.15, 0.2) is 24.3 Å². The highest BCUT2D eigenvalue weighted by molar-refractivity contribution is 8.22. The minimum absolute atomic E-state index is 0.975. The fraction of sp³-hybridized carbons (Fsp3) is 0.533. The molecule has 0 N–H and O–H groups in total. The average Bonchev–Trinajstić information content (AvgIpc) is 2.37. The van der Waals surface area contributed by atoms with E-state index in [0.29, 0.717) is 0 Å². The average molecular weight is 281 g/mol. The van der Waals surface area contributed by atoms with Crippen LogP contribution in [0.3, 0.4) is 0 Å². The first kappa shape index (κ1) is 15.5. The standard InChI is InChI=1S/C15H23NS2/c1-4-10-16(11-5-2)15(17)18-12-14-8-6-13(3)7-9-14/h6-9H,4-5,10-12H2,1-3H3. The zero-order chi connectivity index (χ0) is 13.4. The fourth-order valence-electron chi connectivity index (χ4n) is 1.75. The molecule has 0 heterocycles. The summed E-state index contributed by atoms with van der Waals surface area (Å²) in [5, 5.41) is 0. The molecule has 0 aliphatic heterocycles. The monoisotopic (exact) mass is 281 g/mol. The molecule has 1 nitrogen and oxygen atoms in total. The minimum atomic E-state index is 0.975. The number of rotatable bonds is 6. The second-order valence-corrected chi connectivity index (χ2v) is 6.14. The second-order valence-electron chi connectivity index (χ2n) is 4.53. The lowest BCUT2D eigenvalue weighted by Gasteiger charge is -2.23. The quantitative estimate of drug-likeness (QED) is 0.700. The number of nitrogens with zero attached hydrogens (tertiary/aromatic N) is 1. The van der Waals surface area contributed by atoms with Crippen molar-refractivity contribution in [2.75, 3.05) is 13.1 Å². The first-order valence-corrected chi connectivity index (χ1v) is 8.04. The molecule has 1 aromatic rings. The van der Waals surface area contributed by atoms with Crippen LogP contribution in [0.25, 0.3) is 0 Å². The molecule has 0 aliphatic rings. The summed E-state index contributed by atoms with van der Waals surface area (Å²) in [6, 6.07) is 8.70. The van der Waals surface area contributed by atoms with Crippen LogP contribution >= 0.6 is 24.0 Å². The molecule has 0 fully saturated rings. The Morgan fingerprint density at radius 3 is 2.17 bits per heavy atom. The molecule has 1 aromatic carbocycles. The second kappa shape index (κ2) is 8.54. The van der Waals surface area contributed by atoms with Crippen molar-refractivity contribution < 1.29 is 0 Å². The smallest absolute Gasteiger partial charge is 0.136 e. The van der Waals surface area contributed by atoms with Gasteiger partial charge in [-0.25, -0.2) is 0 Å². The van der Waals surface area contributed by atoms with Gasteiger partial charge in [0.1, 0.15) is 4.32 Å². The molecule has 0 saturated heterocycles. The van der Waals surface area contributed by atoms with Gasteiger partial charge in [0, 0.05) is 18.8 Å². The van der Waals surface area contributed by atoms with Gasteiger partial charge in [-0.1, -0.05) is 67.7 Å². The van der Waals surface area contributed by atoms with Gasteiger partial charge in [-0.15, -0.1) is 0 Å². The highest BCUT2D eigenvalue weighted by Gasteiger charge is 2.08. The number of hydrogen-bond acceptors (Lipinski definition) is 2. The van der Waals surface area contributed by atoms with Crippen LogP contribution in [0.2, 0.25) is 0 Å². The van der Waals surface area contributed by atoms with E-state index >= 15 is 0 Å². The molecule has 0 amide bonds. The van der Waals surface area contributed by atoms with Crippen LogP contribution < -0.4 is 0 Å². The van der Waals surface area contributed by atoms with Gasteiger partial charge in [-0.3, -0.25) is 0 Å². The summed E-state index contributed by atoms with van der Waals surface area (Å²) in [5.41, 5.74) is 2.66. The Morgan fingerprint density at radius 1 is 1.11 bits per heavy atom. The molecule has 0 bridgehead atoms. The van der Waals surface area contributed by atoms with E-state index in [1.54, 1.807) is 11.8 Å². The summed E-state index contributed by atoms with van der Waals surface area (Å²) < 4.78 is 1.04. The lowest BCUT2D eigenvalue weighted by molar-refractivity contribution is 0.430. The molecule has 0 spiro atoms. The summed E-state index contributed by atoms with van der Waals surface area (Å²) >= 11 is 7.30. The Bertz CT molecular complexity index is 353. The lowest BCUT2D eigenvalue weighted by Crippen LogP contribution is -2.29. The highest BCUT2D eigenvalue weighted by atomic mass is 32.2. The van der Waals surface area contributed by atoms with Gasteiger partial charge in [-0.2, -0.15) is 0 Å². The molecule has 18 heavy (non-hydrogen) atoms. The van der Waals surface area contributed by atoms with Crippen LogP contribution in [-0.2, 0) is 5.75 Å². The van der Waals surface area contributed by atoms with Crippen molar-refractivity contribution in [1.29, 1.82) is 0 Å². The van der Waals surface area contributed by atoms with Crippen molar-refractivity contribution >= 4 is 28.3 Å². The molecule has 0 saturated carbocycles. The van der Waals surface area contributed by atoms with E-state index in [2.05, 4.69) is 49.9 Å². The van der Waals surface area contributed by atoms with Crippen LogP contribution in [0, 0.1) is 6.92 Å². The Balaban J connectivity index is 2.45. The third-order valence-electron chi connectivity index (χ3n) is 2.73. The summed E-state index contributed by atoms with van der Waals surface area (Å²) in [6.07, 6.45) is 2.32. The third-order valence-corrected chi connectivity index (χ3v) is 4.32. The molecule has 0 atom stereocenters. The van der Waals surface area contributed by atoms with Crippen molar-refractivity contribution in [3.63, 3.8) is 0 Å². The van der Waals surface area contributed by atoms with E-state index < -0.39 is 0 Å². The number of benzene rings is 1. The molecule has 100 valence electrons. The third kappa shape index (κ3) is 5.40. The van der Waals surface area contributed by atoms with Crippen LogP contribution in [-0.4, -0.2) is 22.3 Å². The predicted octanol–water partition coefficient (Wildman–Crippen LogP) is 4.64. The predicted molar refractivity (Wildman–Crippen MR) is 87.2 cm³/mol. The van der Waals surface area contributed by atoms with Crippen LogP contribution in [0.5, 0.6) is 0 Å². The van der Waals surface area contributed by atoms with Crippen molar-refractivity contribution in [3.8, 4) is 0 Å². The molecular weight excluding hydrogens is 258 g/mol. The molecule has 0 radical (unpaired) electrons. The maximum atomic E-state index is 5.52. The van der Waals surface area contributed by atoms with Crippen molar-refractivity contribution in [1.82, 2.24) is 4.90 Å². The molecular formula is C15H23NS2. The number of thiocarbonyl (C=S) groups is 1. The molecule has 0 aliphatic carbocycles. The number of hydrogen-bond donors (Lipinski definition) is 0. The number of thioether (sulfide) groups is 1. The van der Waals surface area contributed by atoms with E-state index in [-0.39, 0.29) is 0 Å². The maximum absolute atomic E-state index is 5.52. The fourth-order valence-corrected chi connectivity index (χ4v) is 2.96. The highest BCUT2D eigenvalue weighted by Crippen LogP contribution is 2.17. The Labute approximate surface area is 121 Å². The summed E-state index contributed by atoms with van der Waals surface area (Å²) in [6.45, 7) is 8.68. The first-order chi connectivity index (χ1) is 8.67. The van der Waals surface area contributed by atoms with E-state index in [1.807, 2.05) is 0 Å². The summed E-state index contributed by atoms with van der Waals surface area (Å²) in [5.74, 6) is 0.975. The van der Waals surface area contributed by atoms with Gasteiger partial charge >= 0.3 is 0 Å². The van der Waals surface area contributed by atoms with Gasteiger partial charge in [-0.05, 0) is 25.3 Å². The van der Waals surface area contributed by atoms with E-state index in [9.17, 15) is 0 Å². The van der Waals surface area contributed by atoms with Crippen molar-refractivity contribution in [2.45, 2.75) is 39.4 Å². The molecule has 0 unspecified atom stereocenters. The zero-order valence-corrected chi connectivity index (χ0v) is 13.2. The van der Waals surface area contributed by atoms with Gasteiger partial charge in [0.25, 0.3) is 0 Å². The van der Waals surface area contributed by atoms with Crippen molar-refractivity contribution in [3.05, 3.63) is 35.4 Å². The van der Waals surface area contributed by atoms with E-state index in [1.165, 1.54) is 11.1 Å². The SMILES string of the molecule is CCCN(CCC)C(=S)SCc1ccc(C)cc1. The summed E-state index contributed by atoms with van der Waals surface area (Å²) in [7, 11) is 0.